The number of rotatable bonds is 5. The molecule has 0 bridgehead atoms. The number of methoxy groups -OCH3 is 2. The number of carbonyl (C=O) groups is 1. The van der Waals surface area contributed by atoms with E-state index in [9.17, 15) is 4.79 Å². The van der Waals surface area contributed by atoms with Gasteiger partial charge in [0.15, 0.2) is 5.13 Å². The Kier molecular flexibility index (Phi) is 5.95. The van der Waals surface area contributed by atoms with Crippen LogP contribution in [0.2, 0.25) is 0 Å². The maximum Gasteiger partial charge on any atom is 0.250 e. The van der Waals surface area contributed by atoms with E-state index in [1.165, 1.54) is 17.4 Å². The van der Waals surface area contributed by atoms with Gasteiger partial charge in [0.25, 0.3) is 0 Å². The highest BCUT2D eigenvalue weighted by Gasteiger charge is 2.09. The van der Waals surface area contributed by atoms with Crippen LogP contribution in [0.3, 0.4) is 0 Å². The van der Waals surface area contributed by atoms with E-state index < -0.39 is 0 Å². The summed E-state index contributed by atoms with van der Waals surface area (Å²) in [7, 11) is 3.20. The summed E-state index contributed by atoms with van der Waals surface area (Å²) in [4.78, 5) is 16.6. The molecule has 0 atom stereocenters. The Bertz CT molecular complexity index is 1000. The average Bonchev–Trinajstić information content (AvgIpc) is 3.00. The number of nitrogens with one attached hydrogen (secondary N) is 1. The number of anilines is 1. The highest BCUT2D eigenvalue weighted by Crippen LogP contribution is 2.33. The predicted molar refractivity (Wildman–Crippen MR) is 112 cm³/mol. The Morgan fingerprint density at radius 3 is 2.73 bits per heavy atom. The molecule has 0 aliphatic carbocycles. The second-order valence-electron chi connectivity index (χ2n) is 5.19. The molecule has 1 aromatic heterocycles. The van der Waals surface area contributed by atoms with Crippen molar-refractivity contribution in [2.75, 3.05) is 19.5 Å². The fourth-order valence-corrected chi connectivity index (χ4v) is 4.63. The molecule has 0 aliphatic heterocycles. The molecule has 2 aromatic carbocycles. The molecule has 0 spiro atoms. The Labute approximate surface area is 171 Å². The lowest BCUT2D eigenvalue weighted by atomic mass is 10.2. The van der Waals surface area contributed by atoms with E-state index in [4.69, 9.17) is 9.47 Å². The summed E-state index contributed by atoms with van der Waals surface area (Å²) in [5, 5.41) is 3.32. The predicted octanol–water partition coefficient (Wildman–Crippen LogP) is 5.49. The van der Waals surface area contributed by atoms with Gasteiger partial charge < -0.3 is 9.47 Å². The molecule has 26 heavy (non-hydrogen) atoms. The van der Waals surface area contributed by atoms with Gasteiger partial charge in [0.1, 0.15) is 11.5 Å². The van der Waals surface area contributed by atoms with Crippen LogP contribution in [0, 0.1) is 0 Å². The van der Waals surface area contributed by atoms with Crippen LogP contribution >= 0.6 is 43.2 Å². The van der Waals surface area contributed by atoms with Crippen LogP contribution in [0.15, 0.2) is 45.4 Å². The Morgan fingerprint density at radius 1 is 1.19 bits per heavy atom. The summed E-state index contributed by atoms with van der Waals surface area (Å²) < 4.78 is 13.2. The second-order valence-corrected chi connectivity index (χ2v) is 7.99. The van der Waals surface area contributed by atoms with E-state index in [1.807, 2.05) is 30.3 Å². The highest BCUT2D eigenvalue weighted by molar-refractivity contribution is 9.11. The van der Waals surface area contributed by atoms with Gasteiger partial charge in [-0.2, -0.15) is 0 Å². The molecule has 0 saturated carbocycles. The smallest absolute Gasteiger partial charge is 0.250 e. The van der Waals surface area contributed by atoms with Crippen molar-refractivity contribution >= 4 is 70.5 Å². The van der Waals surface area contributed by atoms with Crippen LogP contribution in [0.5, 0.6) is 11.5 Å². The van der Waals surface area contributed by atoms with Crippen LogP contribution in [0.4, 0.5) is 5.13 Å². The average molecular weight is 498 g/mol. The Morgan fingerprint density at radius 2 is 2.00 bits per heavy atom. The number of fused-ring (bicyclic) bond motifs is 1. The fraction of sp³-hybridized carbons (Fsp3) is 0.111. The first kappa shape index (κ1) is 18.9. The van der Waals surface area contributed by atoms with Crippen molar-refractivity contribution in [3.63, 3.8) is 0 Å². The number of nitrogens with zero attached hydrogens (tertiary/aromatic N) is 1. The molecule has 1 heterocycles. The van der Waals surface area contributed by atoms with E-state index in [-0.39, 0.29) is 5.91 Å². The molecule has 134 valence electrons. The number of hydrogen-bond donors (Lipinski definition) is 1. The molecular weight excluding hydrogens is 484 g/mol. The summed E-state index contributed by atoms with van der Waals surface area (Å²) in [6.07, 6.45) is 3.14. The van der Waals surface area contributed by atoms with Gasteiger partial charge in [-0.1, -0.05) is 27.3 Å². The number of ether oxygens (including phenoxy) is 2. The molecule has 3 aromatic rings. The van der Waals surface area contributed by atoms with E-state index >= 15 is 0 Å². The van der Waals surface area contributed by atoms with Crippen LogP contribution in [0.1, 0.15) is 5.56 Å². The van der Waals surface area contributed by atoms with E-state index in [2.05, 4.69) is 42.2 Å². The number of halogens is 2. The highest BCUT2D eigenvalue weighted by atomic mass is 79.9. The first-order valence-electron chi connectivity index (χ1n) is 7.47. The number of carbonyl (C=O) groups excluding carboxylic acids is 1. The summed E-state index contributed by atoms with van der Waals surface area (Å²) in [6, 6.07) is 9.34. The van der Waals surface area contributed by atoms with Gasteiger partial charge in [0.2, 0.25) is 5.91 Å². The molecule has 8 heteroatoms. The zero-order chi connectivity index (χ0) is 18.7. The minimum atomic E-state index is -0.269. The van der Waals surface area contributed by atoms with Crippen LogP contribution in [-0.4, -0.2) is 25.1 Å². The number of thiazole rings is 1. The molecular formula is C18H14Br2N2O3S. The van der Waals surface area contributed by atoms with Crippen molar-refractivity contribution < 1.29 is 14.3 Å². The van der Waals surface area contributed by atoms with Crippen molar-refractivity contribution in [3.05, 3.63) is 50.9 Å². The molecule has 1 N–H and O–H groups in total. The van der Waals surface area contributed by atoms with Crippen molar-refractivity contribution in [1.29, 1.82) is 0 Å². The van der Waals surface area contributed by atoms with Gasteiger partial charge >= 0.3 is 0 Å². The van der Waals surface area contributed by atoms with Gasteiger partial charge in [0, 0.05) is 16.1 Å². The summed E-state index contributed by atoms with van der Waals surface area (Å²) >= 11 is 8.26. The standard InChI is InChI=1S/C18H14Br2N2O3S/c1-24-12-4-5-14-15(9-12)26-18(21-14)22-16(23)6-3-10-7-11(19)8-13(20)17(10)25-2/h3-9H,1-2H3,(H,21,22,23)/b6-3+. The maximum absolute atomic E-state index is 12.2. The first-order valence-corrected chi connectivity index (χ1v) is 9.87. The third kappa shape index (κ3) is 4.25. The Hall–Kier alpha value is -1.90. The second kappa shape index (κ2) is 8.20. The molecule has 0 unspecified atom stereocenters. The zero-order valence-electron chi connectivity index (χ0n) is 13.9. The summed E-state index contributed by atoms with van der Waals surface area (Å²) in [6.45, 7) is 0. The van der Waals surface area contributed by atoms with E-state index in [1.54, 1.807) is 20.3 Å². The lowest BCUT2D eigenvalue weighted by Gasteiger charge is -2.08. The van der Waals surface area contributed by atoms with Crippen molar-refractivity contribution in [2.24, 2.45) is 0 Å². The number of aromatic nitrogens is 1. The number of hydrogen-bond acceptors (Lipinski definition) is 5. The van der Waals surface area contributed by atoms with Gasteiger partial charge in [-0.25, -0.2) is 4.98 Å². The van der Waals surface area contributed by atoms with Crippen molar-refractivity contribution in [2.45, 2.75) is 0 Å². The summed E-state index contributed by atoms with van der Waals surface area (Å²) in [5.41, 5.74) is 1.59. The largest absolute Gasteiger partial charge is 0.497 e. The maximum atomic E-state index is 12.2. The normalized spacial score (nSPS) is 11.1. The van der Waals surface area contributed by atoms with Gasteiger partial charge in [-0.3, -0.25) is 10.1 Å². The molecule has 0 saturated heterocycles. The van der Waals surface area contributed by atoms with Crippen LogP contribution < -0.4 is 14.8 Å². The SMILES string of the molecule is COc1ccc2nc(NC(=O)/C=C/c3cc(Br)cc(Br)c3OC)sc2c1. The van der Waals surface area contributed by atoms with Gasteiger partial charge in [-0.05, 0) is 52.3 Å². The molecule has 3 rings (SSSR count). The van der Waals surface area contributed by atoms with Gasteiger partial charge in [-0.15, -0.1) is 0 Å². The number of amides is 1. The number of benzene rings is 2. The molecule has 0 radical (unpaired) electrons. The molecule has 1 amide bonds. The van der Waals surface area contributed by atoms with Gasteiger partial charge in [0.05, 0.1) is 28.9 Å². The quantitative estimate of drug-likeness (QED) is 0.473. The first-order chi connectivity index (χ1) is 12.5. The summed E-state index contributed by atoms with van der Waals surface area (Å²) in [5.74, 6) is 1.14. The third-order valence-corrected chi connectivity index (χ3v) is 5.46. The molecule has 0 aliphatic rings. The minimum Gasteiger partial charge on any atom is -0.497 e. The van der Waals surface area contributed by atoms with Crippen molar-refractivity contribution in [1.82, 2.24) is 4.98 Å². The molecule has 0 fully saturated rings. The van der Waals surface area contributed by atoms with Crippen molar-refractivity contribution in [3.8, 4) is 11.5 Å². The van der Waals surface area contributed by atoms with Crippen LogP contribution in [0.25, 0.3) is 16.3 Å². The fourth-order valence-electron chi connectivity index (χ4n) is 2.32. The topological polar surface area (TPSA) is 60.5 Å². The lowest BCUT2D eigenvalue weighted by molar-refractivity contribution is -0.111. The zero-order valence-corrected chi connectivity index (χ0v) is 17.9. The van der Waals surface area contributed by atoms with E-state index in [0.717, 1.165) is 30.5 Å². The Balaban J connectivity index is 1.78. The van der Waals surface area contributed by atoms with E-state index in [0.29, 0.717) is 10.9 Å². The third-order valence-electron chi connectivity index (χ3n) is 3.48. The van der Waals surface area contributed by atoms with Crippen LogP contribution in [-0.2, 0) is 4.79 Å². The molecule has 5 nitrogen and oxygen atoms in total. The monoisotopic (exact) mass is 496 g/mol. The lowest BCUT2D eigenvalue weighted by Crippen LogP contribution is -2.07. The minimum absolute atomic E-state index is 0.269.